The van der Waals surface area contributed by atoms with Gasteiger partial charge in [-0.05, 0) is 26.0 Å². The number of nitrogens with one attached hydrogen (secondary N) is 2. The normalized spacial score (nSPS) is 11.2. The second-order valence-electron chi connectivity index (χ2n) is 6.52. The molecule has 2 aromatic rings. The van der Waals surface area contributed by atoms with Gasteiger partial charge in [-0.2, -0.15) is 0 Å². The zero-order valence-corrected chi connectivity index (χ0v) is 14.8. The fourth-order valence-corrected chi connectivity index (χ4v) is 2.51. The summed E-state index contributed by atoms with van der Waals surface area (Å²) in [5.74, 6) is 0.746. The molecule has 1 heterocycles. The van der Waals surface area contributed by atoms with Crippen LogP contribution in [0, 0.1) is 5.92 Å². The molecule has 0 spiro atoms. The molecule has 0 atom stereocenters. The Kier molecular flexibility index (Phi) is 5.95. The first-order valence-electron chi connectivity index (χ1n) is 8.39. The minimum Gasteiger partial charge on any atom is -0.355 e. The fourth-order valence-electron chi connectivity index (χ4n) is 2.51. The third kappa shape index (κ3) is 4.57. The van der Waals surface area contributed by atoms with E-state index in [4.69, 9.17) is 0 Å². The number of hydrogen-bond acceptors (Lipinski definition) is 3. The van der Waals surface area contributed by atoms with Crippen molar-refractivity contribution >= 4 is 22.8 Å². The highest BCUT2D eigenvalue weighted by atomic mass is 16.2. The molecule has 0 saturated carbocycles. The number of hydrogen-bond donors (Lipinski definition) is 2. The Morgan fingerprint density at radius 2 is 1.88 bits per heavy atom. The SMILES string of the molecule is CC(C)NC(=O)Cn1c(CCNC(=O)C(C)C)nc2ccccc21. The van der Waals surface area contributed by atoms with Gasteiger partial charge in [0.1, 0.15) is 12.4 Å². The van der Waals surface area contributed by atoms with E-state index in [0.29, 0.717) is 13.0 Å². The molecule has 0 unspecified atom stereocenters. The van der Waals surface area contributed by atoms with Crippen molar-refractivity contribution in [2.24, 2.45) is 5.92 Å². The van der Waals surface area contributed by atoms with Crippen LogP contribution in [-0.4, -0.2) is 34.0 Å². The minimum atomic E-state index is -0.0411. The average Bonchev–Trinajstić information content (AvgIpc) is 2.84. The highest BCUT2D eigenvalue weighted by Gasteiger charge is 2.14. The molecule has 24 heavy (non-hydrogen) atoms. The van der Waals surface area contributed by atoms with Crippen LogP contribution in [0.2, 0.25) is 0 Å². The van der Waals surface area contributed by atoms with Gasteiger partial charge >= 0.3 is 0 Å². The molecule has 0 fully saturated rings. The van der Waals surface area contributed by atoms with E-state index >= 15 is 0 Å². The number of amides is 2. The van der Waals surface area contributed by atoms with E-state index in [9.17, 15) is 9.59 Å². The molecular weight excluding hydrogens is 304 g/mol. The van der Waals surface area contributed by atoms with Crippen molar-refractivity contribution < 1.29 is 9.59 Å². The Morgan fingerprint density at radius 3 is 2.54 bits per heavy atom. The number of nitrogens with zero attached hydrogens (tertiary/aromatic N) is 2. The summed E-state index contributed by atoms with van der Waals surface area (Å²) < 4.78 is 1.93. The van der Waals surface area contributed by atoms with Gasteiger partial charge in [-0.3, -0.25) is 9.59 Å². The Morgan fingerprint density at radius 1 is 1.17 bits per heavy atom. The lowest BCUT2D eigenvalue weighted by molar-refractivity contribution is -0.124. The van der Waals surface area contributed by atoms with Crippen molar-refractivity contribution in [3.8, 4) is 0 Å². The first-order chi connectivity index (χ1) is 11.4. The zero-order chi connectivity index (χ0) is 17.7. The minimum absolute atomic E-state index is 0.0233. The van der Waals surface area contributed by atoms with Crippen molar-refractivity contribution in [3.05, 3.63) is 30.1 Å². The first-order valence-corrected chi connectivity index (χ1v) is 8.39. The molecule has 0 bridgehead atoms. The maximum absolute atomic E-state index is 12.2. The number of carbonyl (C=O) groups excluding carboxylic acids is 2. The summed E-state index contributed by atoms with van der Waals surface area (Å²) in [6, 6.07) is 7.86. The molecule has 0 aliphatic carbocycles. The Balaban J connectivity index is 2.17. The van der Waals surface area contributed by atoms with E-state index in [1.165, 1.54) is 0 Å². The third-order valence-corrected chi connectivity index (χ3v) is 3.66. The van der Waals surface area contributed by atoms with Crippen LogP contribution in [-0.2, 0) is 22.6 Å². The number of carbonyl (C=O) groups is 2. The summed E-state index contributed by atoms with van der Waals surface area (Å²) in [5, 5.41) is 5.80. The van der Waals surface area contributed by atoms with Crippen molar-refractivity contribution in [3.63, 3.8) is 0 Å². The molecule has 1 aromatic heterocycles. The number of rotatable bonds is 7. The first kappa shape index (κ1) is 18.0. The summed E-state index contributed by atoms with van der Waals surface area (Å²) in [6.45, 7) is 8.33. The van der Waals surface area contributed by atoms with Gasteiger partial charge in [0.15, 0.2) is 0 Å². The maximum Gasteiger partial charge on any atom is 0.240 e. The van der Waals surface area contributed by atoms with Crippen LogP contribution in [0.5, 0.6) is 0 Å². The molecule has 2 rings (SSSR count). The van der Waals surface area contributed by atoms with Gasteiger partial charge in [0, 0.05) is 24.9 Å². The van der Waals surface area contributed by atoms with Crippen LogP contribution in [0.4, 0.5) is 0 Å². The summed E-state index contributed by atoms with van der Waals surface area (Å²) >= 11 is 0. The van der Waals surface area contributed by atoms with Gasteiger partial charge in [-0.15, -0.1) is 0 Å². The van der Waals surface area contributed by atoms with Crippen LogP contribution in [0.1, 0.15) is 33.5 Å². The smallest absolute Gasteiger partial charge is 0.240 e. The summed E-state index contributed by atoms with van der Waals surface area (Å²) in [6.07, 6.45) is 0.585. The second kappa shape index (κ2) is 7.95. The molecule has 2 amide bonds. The van der Waals surface area contributed by atoms with E-state index < -0.39 is 0 Å². The Bertz CT molecular complexity index is 719. The number of imidazole rings is 1. The van der Waals surface area contributed by atoms with E-state index in [2.05, 4.69) is 15.6 Å². The monoisotopic (exact) mass is 330 g/mol. The molecule has 0 aliphatic rings. The van der Waals surface area contributed by atoms with Crippen molar-refractivity contribution in [2.45, 2.75) is 46.7 Å². The number of aromatic nitrogens is 2. The lowest BCUT2D eigenvalue weighted by atomic mass is 10.2. The van der Waals surface area contributed by atoms with Crippen LogP contribution in [0.3, 0.4) is 0 Å². The van der Waals surface area contributed by atoms with Crippen LogP contribution in [0.15, 0.2) is 24.3 Å². The fraction of sp³-hybridized carbons (Fsp3) is 0.500. The number of para-hydroxylation sites is 2. The van der Waals surface area contributed by atoms with E-state index in [-0.39, 0.29) is 30.3 Å². The third-order valence-electron chi connectivity index (χ3n) is 3.66. The predicted octanol–water partition coefficient (Wildman–Crippen LogP) is 1.88. The van der Waals surface area contributed by atoms with Gasteiger partial charge in [-0.1, -0.05) is 26.0 Å². The van der Waals surface area contributed by atoms with E-state index in [1.807, 2.05) is 56.5 Å². The van der Waals surface area contributed by atoms with Crippen molar-refractivity contribution in [1.29, 1.82) is 0 Å². The number of fused-ring (bicyclic) bond motifs is 1. The van der Waals surface area contributed by atoms with Crippen molar-refractivity contribution in [2.75, 3.05) is 6.54 Å². The summed E-state index contributed by atoms with van der Waals surface area (Å²) in [4.78, 5) is 28.5. The quantitative estimate of drug-likeness (QED) is 0.814. The van der Waals surface area contributed by atoms with Crippen LogP contribution < -0.4 is 10.6 Å². The molecule has 0 saturated heterocycles. The highest BCUT2D eigenvalue weighted by molar-refractivity contribution is 5.81. The van der Waals surface area contributed by atoms with Crippen LogP contribution >= 0.6 is 0 Å². The standard InChI is InChI=1S/C18H26N4O2/c1-12(2)18(24)19-10-9-16-21-14-7-5-6-8-15(14)22(16)11-17(23)20-13(3)4/h5-8,12-13H,9-11H2,1-4H3,(H,19,24)(H,20,23). The molecule has 130 valence electrons. The molecule has 0 radical (unpaired) electrons. The van der Waals surface area contributed by atoms with Gasteiger partial charge in [0.05, 0.1) is 11.0 Å². The lowest BCUT2D eigenvalue weighted by Crippen LogP contribution is -2.34. The van der Waals surface area contributed by atoms with E-state index in [0.717, 1.165) is 16.9 Å². The Hall–Kier alpha value is -2.37. The molecule has 0 aliphatic heterocycles. The molecular formula is C18H26N4O2. The topological polar surface area (TPSA) is 76.0 Å². The van der Waals surface area contributed by atoms with Crippen molar-refractivity contribution in [1.82, 2.24) is 20.2 Å². The van der Waals surface area contributed by atoms with Gasteiger partial charge in [0.2, 0.25) is 11.8 Å². The maximum atomic E-state index is 12.2. The second-order valence-corrected chi connectivity index (χ2v) is 6.52. The van der Waals surface area contributed by atoms with E-state index in [1.54, 1.807) is 0 Å². The number of benzene rings is 1. The molecule has 6 heteroatoms. The summed E-state index contributed by atoms with van der Waals surface area (Å²) in [7, 11) is 0. The average molecular weight is 330 g/mol. The van der Waals surface area contributed by atoms with Gasteiger partial charge in [-0.25, -0.2) is 4.98 Å². The van der Waals surface area contributed by atoms with Crippen LogP contribution in [0.25, 0.3) is 11.0 Å². The highest BCUT2D eigenvalue weighted by Crippen LogP contribution is 2.16. The lowest BCUT2D eigenvalue weighted by Gasteiger charge is -2.12. The largest absolute Gasteiger partial charge is 0.355 e. The van der Waals surface area contributed by atoms with Gasteiger partial charge < -0.3 is 15.2 Å². The molecule has 1 aromatic carbocycles. The Labute approximate surface area is 142 Å². The molecule has 2 N–H and O–H groups in total. The zero-order valence-electron chi connectivity index (χ0n) is 14.8. The molecule has 6 nitrogen and oxygen atoms in total. The summed E-state index contributed by atoms with van der Waals surface area (Å²) in [5.41, 5.74) is 1.79. The van der Waals surface area contributed by atoms with Gasteiger partial charge in [0.25, 0.3) is 0 Å². The predicted molar refractivity (Wildman–Crippen MR) is 94.6 cm³/mol.